The van der Waals surface area contributed by atoms with Crippen molar-refractivity contribution in [3.8, 4) is 79.4 Å². The van der Waals surface area contributed by atoms with Crippen LogP contribution >= 0.6 is 0 Å². The molecule has 10 heteroatoms. The number of aromatic nitrogens is 10. The molecule has 0 atom stereocenters. The highest BCUT2D eigenvalue weighted by molar-refractivity contribution is 6.26. The highest BCUT2D eigenvalue weighted by atomic mass is 15.1. The van der Waals surface area contributed by atoms with Gasteiger partial charge in [-0.3, -0.25) is 13.7 Å². The zero-order valence-electron chi connectivity index (χ0n) is 76.7. The summed E-state index contributed by atoms with van der Waals surface area (Å²) in [4.78, 5) is 20.6. The normalized spacial score (nSPS) is 11.9. The topological polar surface area (TPSA) is 81.1 Å². The third-order valence-electron chi connectivity index (χ3n) is 28.8. The molecule has 0 bridgehead atoms. The van der Waals surface area contributed by atoms with Gasteiger partial charge >= 0.3 is 0 Å². The molecule has 9 aromatic heterocycles. The van der Waals surface area contributed by atoms with E-state index >= 15 is 0 Å². The van der Waals surface area contributed by atoms with Crippen LogP contribution in [-0.4, -0.2) is 47.3 Å². The zero-order chi connectivity index (χ0) is 92.9. The molecule has 0 radical (unpaired) electrons. The Hall–Kier alpha value is -18.9. The van der Waals surface area contributed by atoms with Gasteiger partial charge in [0.25, 0.3) is 0 Å². The maximum Gasteiger partial charge on any atom is 0.162 e. The van der Waals surface area contributed by atoms with Gasteiger partial charge in [0.1, 0.15) is 17.5 Å². The minimum Gasteiger partial charge on any atom is -0.309 e. The van der Waals surface area contributed by atoms with E-state index in [2.05, 4.69) is 489 Å². The van der Waals surface area contributed by atoms with Gasteiger partial charge in [-0.15, -0.1) is 0 Å². The Balaban J connectivity index is 0.000000104. The van der Waals surface area contributed by atoms with E-state index < -0.39 is 0 Å². The van der Waals surface area contributed by atoms with E-state index in [1.165, 1.54) is 169 Å². The van der Waals surface area contributed by atoms with Crippen LogP contribution in [0.15, 0.2) is 492 Å². The fraction of sp³-hybridized carbons (Fsp3) is 0.00763. The van der Waals surface area contributed by atoms with Crippen molar-refractivity contribution in [3.63, 3.8) is 0 Å². The SMILES string of the molecule is Cc1cccnc1-n1c2ccccc2c2cc3c(cc21)c1ccccc1n3-c1cccc(-c2ccc3ccccc3c2)c1.c1ccc(-c2cc(-n3c4ccccc4c4ccc5c6ccccc6n(-c6ccc7ccccc7c6)c5c43)nc(-c3ccccc3)n2)cc1.c1ccc2c(-c3ccc(-n4c5ccccc5c5cc6c(cc54)c4ccccc4n6-c4nc5ccccc5c5ccccc45)cc3)cccc2c1. The van der Waals surface area contributed by atoms with Crippen molar-refractivity contribution >= 4 is 185 Å². The van der Waals surface area contributed by atoms with Gasteiger partial charge in [0.05, 0.1) is 77.4 Å². The van der Waals surface area contributed by atoms with Crippen molar-refractivity contribution in [2.75, 3.05) is 0 Å². The van der Waals surface area contributed by atoms with Crippen molar-refractivity contribution in [1.82, 2.24) is 47.3 Å². The Morgan fingerprint density at radius 3 is 1.18 bits per heavy atom. The minimum absolute atomic E-state index is 0.695. The summed E-state index contributed by atoms with van der Waals surface area (Å²) >= 11 is 0. The van der Waals surface area contributed by atoms with E-state index in [9.17, 15) is 0 Å². The summed E-state index contributed by atoms with van der Waals surface area (Å²) in [5.74, 6) is 3.45. The molecule has 0 saturated carbocycles. The van der Waals surface area contributed by atoms with Crippen LogP contribution in [0.2, 0.25) is 0 Å². The number of benzene rings is 21. The summed E-state index contributed by atoms with van der Waals surface area (Å²) < 4.78 is 14.3. The Morgan fingerprint density at radius 1 is 0.184 bits per heavy atom. The zero-order valence-corrected chi connectivity index (χ0v) is 76.7. The lowest BCUT2D eigenvalue weighted by Crippen LogP contribution is -2.04. The van der Waals surface area contributed by atoms with E-state index in [4.69, 9.17) is 19.9 Å². The summed E-state index contributed by atoms with van der Waals surface area (Å²) in [7, 11) is 0. The number of pyridine rings is 2. The predicted octanol–water partition coefficient (Wildman–Crippen LogP) is 34.0. The van der Waals surface area contributed by atoms with Crippen LogP contribution in [0.4, 0.5) is 0 Å². The molecule has 0 aliphatic carbocycles. The molecule has 9 heterocycles. The highest BCUT2D eigenvalue weighted by Gasteiger charge is 2.28. The highest BCUT2D eigenvalue weighted by Crippen LogP contribution is 2.48. The second-order valence-electron chi connectivity index (χ2n) is 36.8. The molecular weight excluding hydrogens is 1710 g/mol. The fourth-order valence-corrected chi connectivity index (χ4v) is 22.4. The van der Waals surface area contributed by atoms with Crippen molar-refractivity contribution < 1.29 is 0 Å². The van der Waals surface area contributed by atoms with Gasteiger partial charge in [0.2, 0.25) is 0 Å². The van der Waals surface area contributed by atoms with Gasteiger partial charge in [-0.1, -0.05) is 364 Å². The third-order valence-corrected chi connectivity index (χ3v) is 28.8. The molecule has 658 valence electrons. The van der Waals surface area contributed by atoms with Crippen molar-refractivity contribution in [2.45, 2.75) is 6.92 Å². The monoisotopic (exact) mass is 1800 g/mol. The van der Waals surface area contributed by atoms with Crippen LogP contribution in [0.25, 0.3) is 264 Å². The molecule has 21 aromatic carbocycles. The molecule has 30 rings (SSSR count). The smallest absolute Gasteiger partial charge is 0.162 e. The van der Waals surface area contributed by atoms with Gasteiger partial charge in [-0.2, -0.15) is 0 Å². The Kier molecular flexibility index (Phi) is 18.7. The first-order chi connectivity index (χ1) is 69.9. The number of fused-ring (bicyclic) bond motifs is 25. The Labute approximate surface area is 809 Å². The number of hydrogen-bond acceptors (Lipinski definition) is 4. The second kappa shape index (κ2) is 32.7. The van der Waals surface area contributed by atoms with E-state index in [0.717, 1.165) is 95.4 Å². The molecule has 30 aromatic rings. The minimum atomic E-state index is 0.695. The Bertz CT molecular complexity index is 10300. The van der Waals surface area contributed by atoms with Crippen LogP contribution in [0.5, 0.6) is 0 Å². The van der Waals surface area contributed by atoms with Gasteiger partial charge in [0, 0.05) is 116 Å². The average Bonchev–Trinajstić information content (AvgIpc) is 1.56. The first kappa shape index (κ1) is 80.5. The quantitative estimate of drug-likeness (QED) is 0.128. The number of hydrogen-bond donors (Lipinski definition) is 0. The first-order valence-electron chi connectivity index (χ1n) is 48.1. The molecule has 0 N–H and O–H groups in total. The van der Waals surface area contributed by atoms with Crippen molar-refractivity contribution in [3.05, 3.63) is 497 Å². The third kappa shape index (κ3) is 13.1. The predicted molar refractivity (Wildman–Crippen MR) is 591 cm³/mol. The number of para-hydroxylation sites is 7. The van der Waals surface area contributed by atoms with Crippen LogP contribution in [0.3, 0.4) is 0 Å². The largest absolute Gasteiger partial charge is 0.309 e. The lowest BCUT2D eigenvalue weighted by atomic mass is 9.98. The number of nitrogens with zero attached hydrogens (tertiary/aromatic N) is 10. The summed E-state index contributed by atoms with van der Waals surface area (Å²) in [6.45, 7) is 2.13. The molecule has 0 fully saturated rings. The van der Waals surface area contributed by atoms with Crippen LogP contribution in [0, 0.1) is 6.92 Å². The fourth-order valence-electron chi connectivity index (χ4n) is 22.4. The summed E-state index contributed by atoms with van der Waals surface area (Å²) in [5, 5.41) is 25.6. The number of aryl methyl sites for hydroxylation is 1. The molecular formula is C131H84N10. The molecule has 0 unspecified atom stereocenters. The Morgan fingerprint density at radius 2 is 0.589 bits per heavy atom. The van der Waals surface area contributed by atoms with E-state index in [-0.39, 0.29) is 0 Å². The summed E-state index contributed by atoms with van der Waals surface area (Å²) in [6, 6.07) is 174. The van der Waals surface area contributed by atoms with E-state index in [0.29, 0.717) is 5.82 Å². The molecule has 0 aliphatic heterocycles. The van der Waals surface area contributed by atoms with Gasteiger partial charge in [0.15, 0.2) is 5.82 Å². The van der Waals surface area contributed by atoms with Gasteiger partial charge in [-0.25, -0.2) is 19.9 Å². The van der Waals surface area contributed by atoms with Crippen LogP contribution < -0.4 is 0 Å². The molecule has 0 amide bonds. The second-order valence-corrected chi connectivity index (χ2v) is 36.8. The first-order valence-corrected chi connectivity index (χ1v) is 48.1. The molecule has 0 saturated heterocycles. The van der Waals surface area contributed by atoms with Gasteiger partial charge in [-0.05, 0) is 188 Å². The van der Waals surface area contributed by atoms with Crippen molar-refractivity contribution in [2.24, 2.45) is 0 Å². The van der Waals surface area contributed by atoms with Gasteiger partial charge < -0.3 is 13.7 Å². The van der Waals surface area contributed by atoms with Crippen molar-refractivity contribution in [1.29, 1.82) is 0 Å². The lowest BCUT2D eigenvalue weighted by molar-refractivity contribution is 1.05. The standard InChI is InChI=1S/C47H29N3.C44H28N4.C40H27N3/c1-2-14-33-30(12-1)13-11-20-34(33)31-24-26-32(27-25-31)49-43-22-9-6-17-37(43)40-29-46-41(28-45(40)49)38-18-7-10-23-44(38)50(46)47-39-19-4-3-15-35(39)36-16-5-8-21-42(36)48-47;1-3-14-30(15-4-1)38-28-41(46-44(45-38)31-16-5-2-6-17-31)48-40-22-12-10-20-35(40)37-26-25-36-34-19-9-11-21-39(34)47(42(36)43(37)48)33-24-23-29-13-7-8-18-32(29)27-33;1-26-10-9-21-41-40(26)43-37-18-7-5-16-33(37)35-24-38-34(25-39(35)43)32-15-4-6-17-36(32)42(38)31-14-8-13-29(23-31)30-20-19-27-11-2-3-12-28(27)22-30/h1-29H;1-28H;2-25H,1H3. The summed E-state index contributed by atoms with van der Waals surface area (Å²) in [6.07, 6.45) is 1.88. The molecule has 0 spiro atoms. The summed E-state index contributed by atoms with van der Waals surface area (Å²) in [5.41, 5.74) is 27.3. The lowest BCUT2D eigenvalue weighted by Gasteiger charge is -2.14. The maximum atomic E-state index is 5.35. The van der Waals surface area contributed by atoms with E-state index in [1.807, 2.05) is 36.5 Å². The average molecular weight is 1800 g/mol. The molecule has 0 aliphatic rings. The van der Waals surface area contributed by atoms with Crippen LogP contribution in [0.1, 0.15) is 5.56 Å². The molecule has 10 nitrogen and oxygen atoms in total. The number of rotatable bonds is 10. The van der Waals surface area contributed by atoms with Crippen LogP contribution in [-0.2, 0) is 0 Å². The molecule has 141 heavy (non-hydrogen) atoms. The maximum absolute atomic E-state index is 5.35. The van der Waals surface area contributed by atoms with E-state index in [1.54, 1.807) is 0 Å².